The molecular formula is C14H18N2O. The summed E-state index contributed by atoms with van der Waals surface area (Å²) < 4.78 is 0. The molecule has 0 fully saturated rings. The summed E-state index contributed by atoms with van der Waals surface area (Å²) in [4.78, 5) is 16.1. The van der Waals surface area contributed by atoms with Crippen LogP contribution in [0.2, 0.25) is 0 Å². The second kappa shape index (κ2) is 5.13. The molecule has 1 heterocycles. The number of amidine groups is 1. The number of nitrogens with one attached hydrogen (secondary N) is 1. The molecule has 1 atom stereocenters. The second-order valence-electron chi connectivity index (χ2n) is 4.74. The lowest BCUT2D eigenvalue weighted by molar-refractivity contribution is -0.120. The Kier molecular flexibility index (Phi) is 3.57. The van der Waals surface area contributed by atoms with E-state index in [4.69, 9.17) is 0 Å². The van der Waals surface area contributed by atoms with Crippen molar-refractivity contribution >= 4 is 11.7 Å². The molecule has 0 saturated heterocycles. The number of rotatable bonds is 4. The summed E-state index contributed by atoms with van der Waals surface area (Å²) in [6.45, 7) is 4.04. The van der Waals surface area contributed by atoms with E-state index in [9.17, 15) is 4.79 Å². The number of carbonyl (C=O) groups is 1. The van der Waals surface area contributed by atoms with Gasteiger partial charge in [0.1, 0.15) is 11.9 Å². The van der Waals surface area contributed by atoms with Crippen molar-refractivity contribution in [3.8, 4) is 0 Å². The van der Waals surface area contributed by atoms with Crippen LogP contribution in [0.4, 0.5) is 0 Å². The molecule has 2 rings (SSSR count). The smallest absolute Gasteiger partial charge is 0.250 e. The first-order valence-corrected chi connectivity index (χ1v) is 6.08. The number of hydrogen-bond donors (Lipinski definition) is 1. The lowest BCUT2D eigenvalue weighted by Crippen LogP contribution is -2.31. The molecule has 17 heavy (non-hydrogen) atoms. The molecule has 1 N–H and O–H groups in total. The fraction of sp³-hybridized carbons (Fsp3) is 0.429. The lowest BCUT2D eigenvalue weighted by Gasteiger charge is -2.06. The van der Waals surface area contributed by atoms with Gasteiger partial charge in [0.15, 0.2) is 0 Å². The zero-order chi connectivity index (χ0) is 12.3. The molecule has 90 valence electrons. The maximum Gasteiger partial charge on any atom is 0.250 e. The van der Waals surface area contributed by atoms with Crippen LogP contribution in [0, 0.1) is 5.92 Å². The summed E-state index contributed by atoms with van der Waals surface area (Å²) in [6, 6.07) is 10.1. The zero-order valence-corrected chi connectivity index (χ0v) is 10.3. The van der Waals surface area contributed by atoms with Crippen LogP contribution >= 0.6 is 0 Å². The monoisotopic (exact) mass is 230 g/mol. The number of amides is 1. The number of benzene rings is 1. The third-order valence-corrected chi connectivity index (χ3v) is 2.96. The molecule has 3 nitrogen and oxygen atoms in total. The van der Waals surface area contributed by atoms with Crippen LogP contribution in [0.1, 0.15) is 25.8 Å². The average molecular weight is 230 g/mol. The van der Waals surface area contributed by atoms with Crippen molar-refractivity contribution in [3.63, 3.8) is 0 Å². The normalized spacial score (nSPS) is 19.4. The Morgan fingerprint density at radius 3 is 2.53 bits per heavy atom. The van der Waals surface area contributed by atoms with Crippen LogP contribution < -0.4 is 5.32 Å². The Morgan fingerprint density at radius 2 is 1.94 bits per heavy atom. The lowest BCUT2D eigenvalue weighted by atomic mass is 10.1. The summed E-state index contributed by atoms with van der Waals surface area (Å²) in [5, 5.41) is 2.87. The van der Waals surface area contributed by atoms with Gasteiger partial charge in [0.2, 0.25) is 5.91 Å². The maximum atomic E-state index is 11.6. The highest BCUT2D eigenvalue weighted by Gasteiger charge is 2.28. The number of hydrogen-bond acceptors (Lipinski definition) is 2. The molecule has 1 aliphatic heterocycles. The molecule has 1 amide bonds. The predicted molar refractivity (Wildman–Crippen MR) is 69.0 cm³/mol. The zero-order valence-electron chi connectivity index (χ0n) is 10.3. The van der Waals surface area contributed by atoms with Gasteiger partial charge in [0.05, 0.1) is 0 Å². The number of carbonyl (C=O) groups excluding carboxylic acids is 1. The molecule has 0 saturated carbocycles. The van der Waals surface area contributed by atoms with Gasteiger partial charge >= 0.3 is 0 Å². The predicted octanol–water partition coefficient (Wildman–Crippen LogP) is 2.17. The minimum absolute atomic E-state index is 0.0445. The molecule has 1 aromatic carbocycles. The first-order chi connectivity index (χ1) is 8.16. The molecular weight excluding hydrogens is 212 g/mol. The van der Waals surface area contributed by atoms with E-state index in [0.29, 0.717) is 0 Å². The van der Waals surface area contributed by atoms with E-state index in [1.165, 1.54) is 5.56 Å². The Balaban J connectivity index is 1.93. The maximum absolute atomic E-state index is 11.6. The topological polar surface area (TPSA) is 41.5 Å². The van der Waals surface area contributed by atoms with Crippen LogP contribution in [0.15, 0.2) is 35.3 Å². The van der Waals surface area contributed by atoms with Gasteiger partial charge in [-0.2, -0.15) is 0 Å². The molecule has 0 bridgehead atoms. The summed E-state index contributed by atoms with van der Waals surface area (Å²) in [7, 11) is 0. The summed E-state index contributed by atoms with van der Waals surface area (Å²) >= 11 is 0. The van der Waals surface area contributed by atoms with Crippen molar-refractivity contribution in [2.24, 2.45) is 10.9 Å². The first-order valence-electron chi connectivity index (χ1n) is 6.08. The average Bonchev–Trinajstić information content (AvgIpc) is 2.69. The summed E-state index contributed by atoms with van der Waals surface area (Å²) in [5.74, 6) is 1.14. The molecule has 0 spiro atoms. The van der Waals surface area contributed by atoms with Crippen molar-refractivity contribution in [2.45, 2.75) is 32.7 Å². The molecule has 0 aromatic heterocycles. The van der Waals surface area contributed by atoms with Crippen molar-refractivity contribution in [2.75, 3.05) is 0 Å². The molecule has 0 aliphatic carbocycles. The van der Waals surface area contributed by atoms with Gasteiger partial charge in [0.25, 0.3) is 0 Å². The summed E-state index contributed by atoms with van der Waals surface area (Å²) in [6.07, 6.45) is 1.73. The third kappa shape index (κ3) is 2.93. The quantitative estimate of drug-likeness (QED) is 0.846. The second-order valence-corrected chi connectivity index (χ2v) is 4.74. The minimum atomic E-state index is -0.194. The van der Waals surface area contributed by atoms with Crippen molar-refractivity contribution in [3.05, 3.63) is 35.9 Å². The van der Waals surface area contributed by atoms with E-state index < -0.39 is 0 Å². The molecule has 3 heteroatoms. The van der Waals surface area contributed by atoms with Gasteiger partial charge in [-0.3, -0.25) is 9.79 Å². The molecule has 1 aromatic rings. The van der Waals surface area contributed by atoms with Crippen molar-refractivity contribution < 1.29 is 4.79 Å². The number of aliphatic imine (C=N–C) groups is 1. The van der Waals surface area contributed by atoms with E-state index in [0.717, 1.165) is 18.7 Å². The van der Waals surface area contributed by atoms with Crippen LogP contribution in [0.5, 0.6) is 0 Å². The Bertz CT molecular complexity index is 423. The van der Waals surface area contributed by atoms with Gasteiger partial charge in [-0.05, 0) is 17.9 Å². The first kappa shape index (κ1) is 11.8. The van der Waals surface area contributed by atoms with Crippen LogP contribution in [0.25, 0.3) is 0 Å². The highest BCUT2D eigenvalue weighted by atomic mass is 16.2. The highest BCUT2D eigenvalue weighted by molar-refractivity contribution is 6.05. The van der Waals surface area contributed by atoms with Crippen molar-refractivity contribution in [1.82, 2.24) is 5.32 Å². The van der Waals surface area contributed by atoms with E-state index in [1.807, 2.05) is 32.0 Å². The van der Waals surface area contributed by atoms with Gasteiger partial charge in [-0.1, -0.05) is 44.2 Å². The standard InChI is InChI=1S/C14H18N2O/c1-10(2)13-14(17)16-12(15-13)9-8-11-6-4-3-5-7-11/h3-7,10,13H,8-9H2,1-2H3,(H,15,16,17). The fourth-order valence-electron chi connectivity index (χ4n) is 1.96. The molecule has 1 aliphatic rings. The van der Waals surface area contributed by atoms with E-state index in [1.54, 1.807) is 0 Å². The number of aryl methyl sites for hydroxylation is 1. The van der Waals surface area contributed by atoms with Gasteiger partial charge in [-0.15, -0.1) is 0 Å². The van der Waals surface area contributed by atoms with Gasteiger partial charge in [0, 0.05) is 6.42 Å². The fourth-order valence-corrected chi connectivity index (χ4v) is 1.96. The Morgan fingerprint density at radius 1 is 1.24 bits per heavy atom. The highest BCUT2D eigenvalue weighted by Crippen LogP contribution is 2.13. The molecule has 0 radical (unpaired) electrons. The minimum Gasteiger partial charge on any atom is -0.313 e. The van der Waals surface area contributed by atoms with Gasteiger partial charge < -0.3 is 5.32 Å². The largest absolute Gasteiger partial charge is 0.313 e. The number of nitrogens with zero attached hydrogens (tertiary/aromatic N) is 1. The van der Waals surface area contributed by atoms with Gasteiger partial charge in [-0.25, -0.2) is 0 Å². The Hall–Kier alpha value is -1.64. The van der Waals surface area contributed by atoms with E-state index >= 15 is 0 Å². The van der Waals surface area contributed by atoms with Crippen LogP contribution in [-0.2, 0) is 11.2 Å². The SMILES string of the molecule is CC(C)C1N=C(CCc2ccccc2)NC1=O. The Labute approximate surface area is 102 Å². The molecule has 1 unspecified atom stereocenters. The third-order valence-electron chi connectivity index (χ3n) is 2.96. The van der Waals surface area contributed by atoms with Crippen molar-refractivity contribution in [1.29, 1.82) is 0 Å². The van der Waals surface area contributed by atoms with Crippen LogP contribution in [0.3, 0.4) is 0 Å². The van der Waals surface area contributed by atoms with E-state index in [2.05, 4.69) is 22.4 Å². The summed E-state index contributed by atoms with van der Waals surface area (Å²) in [5.41, 5.74) is 1.28. The van der Waals surface area contributed by atoms with Crippen LogP contribution in [-0.4, -0.2) is 17.8 Å². The van der Waals surface area contributed by atoms with E-state index in [-0.39, 0.29) is 17.9 Å².